The molecular formula is C14H17ClF4N2O. The Morgan fingerprint density at radius 1 is 1.32 bits per heavy atom. The van der Waals surface area contributed by atoms with Crippen LogP contribution in [-0.2, 0) is 6.18 Å². The summed E-state index contributed by atoms with van der Waals surface area (Å²) >= 11 is 0. The summed E-state index contributed by atoms with van der Waals surface area (Å²) in [7, 11) is 0. The van der Waals surface area contributed by atoms with Crippen molar-refractivity contribution in [2.75, 3.05) is 13.1 Å². The largest absolute Gasteiger partial charge is 0.419 e. The van der Waals surface area contributed by atoms with Gasteiger partial charge in [-0.3, -0.25) is 4.79 Å². The molecule has 2 N–H and O–H groups in total. The van der Waals surface area contributed by atoms with Gasteiger partial charge in [-0.1, -0.05) is 6.07 Å². The number of benzene rings is 1. The van der Waals surface area contributed by atoms with E-state index < -0.39 is 29.0 Å². The first-order valence-corrected chi connectivity index (χ1v) is 6.73. The summed E-state index contributed by atoms with van der Waals surface area (Å²) in [5, 5.41) is 0. The van der Waals surface area contributed by atoms with Crippen molar-refractivity contribution in [1.82, 2.24) is 4.90 Å². The fourth-order valence-corrected chi connectivity index (χ4v) is 2.58. The topological polar surface area (TPSA) is 46.3 Å². The van der Waals surface area contributed by atoms with Gasteiger partial charge in [0.15, 0.2) is 0 Å². The van der Waals surface area contributed by atoms with E-state index in [0.717, 1.165) is 25.0 Å². The summed E-state index contributed by atoms with van der Waals surface area (Å²) in [5.41, 5.74) is 3.61. The highest BCUT2D eigenvalue weighted by Gasteiger charge is 2.37. The average molecular weight is 341 g/mol. The number of amides is 1. The van der Waals surface area contributed by atoms with Crippen molar-refractivity contribution in [3.8, 4) is 0 Å². The fraction of sp³-hybridized carbons (Fsp3) is 0.500. The molecule has 1 saturated heterocycles. The molecule has 0 aromatic heterocycles. The zero-order valence-electron chi connectivity index (χ0n) is 11.7. The predicted octanol–water partition coefficient (Wildman–Crippen LogP) is 3.22. The van der Waals surface area contributed by atoms with Crippen LogP contribution in [0.3, 0.4) is 0 Å². The SMILES string of the molecule is Cl.NCC1CCCCN1C(=O)c1cccc(C(F)(F)F)c1F. The molecule has 1 aliphatic heterocycles. The maximum Gasteiger partial charge on any atom is 0.419 e. The molecule has 3 nitrogen and oxygen atoms in total. The fourth-order valence-electron chi connectivity index (χ4n) is 2.58. The van der Waals surface area contributed by atoms with Gasteiger partial charge in [-0.2, -0.15) is 13.2 Å². The van der Waals surface area contributed by atoms with Crippen LogP contribution >= 0.6 is 12.4 Å². The molecule has 8 heteroatoms. The molecule has 1 atom stereocenters. The summed E-state index contributed by atoms with van der Waals surface area (Å²) in [4.78, 5) is 13.7. The van der Waals surface area contributed by atoms with Crippen LogP contribution in [0.25, 0.3) is 0 Å². The van der Waals surface area contributed by atoms with Crippen LogP contribution in [0.5, 0.6) is 0 Å². The van der Waals surface area contributed by atoms with Crippen LogP contribution in [0.1, 0.15) is 35.2 Å². The summed E-state index contributed by atoms with van der Waals surface area (Å²) in [6.45, 7) is 0.600. The lowest BCUT2D eigenvalue weighted by molar-refractivity contribution is -0.140. The van der Waals surface area contributed by atoms with E-state index in [2.05, 4.69) is 0 Å². The lowest BCUT2D eigenvalue weighted by atomic mass is 10.00. The molecule has 1 aliphatic rings. The monoisotopic (exact) mass is 340 g/mol. The van der Waals surface area contributed by atoms with Crippen LogP contribution in [0.2, 0.25) is 0 Å². The number of nitrogens with two attached hydrogens (primary N) is 1. The molecule has 0 radical (unpaired) electrons. The van der Waals surface area contributed by atoms with E-state index in [0.29, 0.717) is 19.0 Å². The highest BCUT2D eigenvalue weighted by Crippen LogP contribution is 2.33. The molecule has 1 fully saturated rings. The van der Waals surface area contributed by atoms with E-state index >= 15 is 0 Å². The normalized spacial score (nSPS) is 18.8. The smallest absolute Gasteiger partial charge is 0.334 e. The minimum absolute atomic E-state index is 0. The van der Waals surface area contributed by atoms with Crippen molar-refractivity contribution < 1.29 is 22.4 Å². The number of carbonyl (C=O) groups excluding carboxylic acids is 1. The van der Waals surface area contributed by atoms with Crippen molar-refractivity contribution in [1.29, 1.82) is 0 Å². The van der Waals surface area contributed by atoms with Gasteiger partial charge >= 0.3 is 6.18 Å². The quantitative estimate of drug-likeness (QED) is 0.840. The molecule has 0 bridgehead atoms. The zero-order valence-corrected chi connectivity index (χ0v) is 12.5. The second kappa shape index (κ2) is 7.28. The van der Waals surface area contributed by atoms with E-state index in [-0.39, 0.29) is 25.0 Å². The van der Waals surface area contributed by atoms with E-state index in [1.54, 1.807) is 0 Å². The first kappa shape index (κ1) is 18.7. The number of hydrogen-bond donors (Lipinski definition) is 1. The minimum atomic E-state index is -4.82. The van der Waals surface area contributed by atoms with Gasteiger partial charge in [0.1, 0.15) is 5.82 Å². The number of nitrogens with zero attached hydrogens (tertiary/aromatic N) is 1. The van der Waals surface area contributed by atoms with Crippen LogP contribution in [0.15, 0.2) is 18.2 Å². The molecule has 1 amide bonds. The number of likely N-dealkylation sites (tertiary alicyclic amines) is 1. The Labute approximate surface area is 131 Å². The van der Waals surface area contributed by atoms with Gasteiger partial charge in [0.25, 0.3) is 5.91 Å². The molecule has 1 aromatic rings. The molecule has 124 valence electrons. The molecule has 0 spiro atoms. The second-order valence-corrected chi connectivity index (χ2v) is 5.05. The maximum absolute atomic E-state index is 14.0. The van der Waals surface area contributed by atoms with E-state index in [1.807, 2.05) is 0 Å². The van der Waals surface area contributed by atoms with Gasteiger partial charge in [-0.25, -0.2) is 4.39 Å². The van der Waals surface area contributed by atoms with Crippen LogP contribution < -0.4 is 5.73 Å². The summed E-state index contributed by atoms with van der Waals surface area (Å²) in [6.07, 6.45) is -2.50. The molecular weight excluding hydrogens is 324 g/mol. The molecule has 1 aromatic carbocycles. The van der Waals surface area contributed by atoms with Gasteiger partial charge in [0.05, 0.1) is 11.1 Å². The Kier molecular flexibility index (Phi) is 6.19. The first-order valence-electron chi connectivity index (χ1n) is 6.73. The van der Waals surface area contributed by atoms with Crippen LogP contribution in [0.4, 0.5) is 17.6 Å². The molecule has 22 heavy (non-hydrogen) atoms. The Morgan fingerprint density at radius 3 is 2.59 bits per heavy atom. The van der Waals surface area contributed by atoms with Crippen molar-refractivity contribution in [2.24, 2.45) is 5.73 Å². The molecule has 0 aliphatic carbocycles. The predicted molar refractivity (Wildman–Crippen MR) is 76.4 cm³/mol. The van der Waals surface area contributed by atoms with Gasteiger partial charge in [0, 0.05) is 19.1 Å². The van der Waals surface area contributed by atoms with Crippen molar-refractivity contribution in [2.45, 2.75) is 31.5 Å². The maximum atomic E-state index is 14.0. The third-order valence-corrected chi connectivity index (χ3v) is 3.69. The van der Waals surface area contributed by atoms with Crippen molar-refractivity contribution in [3.63, 3.8) is 0 Å². The Balaban J connectivity index is 0.00000242. The van der Waals surface area contributed by atoms with E-state index in [9.17, 15) is 22.4 Å². The summed E-state index contributed by atoms with van der Waals surface area (Å²) in [6, 6.07) is 2.50. The lowest BCUT2D eigenvalue weighted by Gasteiger charge is -2.35. The molecule has 1 heterocycles. The molecule has 2 rings (SSSR count). The van der Waals surface area contributed by atoms with Gasteiger partial charge < -0.3 is 10.6 Å². The average Bonchev–Trinajstić information content (AvgIpc) is 2.45. The highest BCUT2D eigenvalue weighted by atomic mass is 35.5. The molecule has 0 saturated carbocycles. The number of halogens is 5. The van der Waals surface area contributed by atoms with Crippen LogP contribution in [-0.4, -0.2) is 29.9 Å². The van der Waals surface area contributed by atoms with Crippen LogP contribution in [0, 0.1) is 5.82 Å². The third-order valence-electron chi connectivity index (χ3n) is 3.69. The first-order chi connectivity index (χ1) is 9.86. The number of hydrogen-bond acceptors (Lipinski definition) is 2. The lowest BCUT2D eigenvalue weighted by Crippen LogP contribution is -2.47. The van der Waals surface area contributed by atoms with Gasteiger partial charge in [-0.05, 0) is 31.4 Å². The Hall–Kier alpha value is -1.34. The number of carbonyl (C=O) groups is 1. The van der Waals surface area contributed by atoms with Gasteiger partial charge in [0.2, 0.25) is 0 Å². The number of piperidine rings is 1. The van der Waals surface area contributed by atoms with Gasteiger partial charge in [-0.15, -0.1) is 12.4 Å². The van der Waals surface area contributed by atoms with Crippen molar-refractivity contribution in [3.05, 3.63) is 35.1 Å². The minimum Gasteiger partial charge on any atom is -0.334 e. The zero-order chi connectivity index (χ0) is 15.6. The number of rotatable bonds is 2. The second-order valence-electron chi connectivity index (χ2n) is 5.05. The third kappa shape index (κ3) is 3.70. The van der Waals surface area contributed by atoms with E-state index in [4.69, 9.17) is 5.73 Å². The highest BCUT2D eigenvalue weighted by molar-refractivity contribution is 5.95. The number of alkyl halides is 3. The Morgan fingerprint density at radius 2 is 2.00 bits per heavy atom. The van der Waals surface area contributed by atoms with E-state index in [1.165, 1.54) is 4.90 Å². The van der Waals surface area contributed by atoms with Crippen molar-refractivity contribution >= 4 is 18.3 Å². The Bertz CT molecular complexity index is 536. The summed E-state index contributed by atoms with van der Waals surface area (Å²) in [5.74, 6) is -2.25. The summed E-state index contributed by atoms with van der Waals surface area (Å²) < 4.78 is 52.1. The standard InChI is InChI=1S/C14H16F4N2O.ClH/c15-12-10(5-3-6-11(12)14(16,17)18)13(21)20-7-2-1-4-9(20)8-19;/h3,5-6,9H,1-2,4,7-8,19H2;1H. The molecule has 1 unspecified atom stereocenters.